The first kappa shape index (κ1) is 15.2. The molecule has 1 unspecified atom stereocenters. The van der Waals surface area contributed by atoms with E-state index in [4.69, 9.17) is 5.73 Å². The molecule has 2 N–H and O–H groups in total. The second-order valence-electron chi connectivity index (χ2n) is 5.08. The molecule has 0 saturated heterocycles. The van der Waals surface area contributed by atoms with Gasteiger partial charge in [-0.25, -0.2) is 4.98 Å². The van der Waals surface area contributed by atoms with Crippen molar-refractivity contribution in [2.75, 3.05) is 13.6 Å². The maximum absolute atomic E-state index is 6.04. The van der Waals surface area contributed by atoms with Crippen LogP contribution in [-0.2, 0) is 13.0 Å². The molecule has 0 aliphatic rings. The molecule has 20 heavy (non-hydrogen) atoms. The van der Waals surface area contributed by atoms with Gasteiger partial charge in [0.2, 0.25) is 0 Å². The highest BCUT2D eigenvalue weighted by Gasteiger charge is 2.19. The quantitative estimate of drug-likeness (QED) is 0.888. The third-order valence-electron chi connectivity index (χ3n) is 3.79. The number of thiazole rings is 1. The fraction of sp³-hybridized carbons (Fsp3) is 0.438. The number of likely N-dealkylation sites (N-methyl/N-ethyl adjacent to an activating group) is 1. The van der Waals surface area contributed by atoms with Crippen LogP contribution in [0, 0.1) is 6.92 Å². The van der Waals surface area contributed by atoms with Crippen molar-refractivity contribution in [3.05, 3.63) is 51.5 Å². The Kier molecular flexibility index (Phi) is 5.29. The van der Waals surface area contributed by atoms with Gasteiger partial charge in [0.25, 0.3) is 0 Å². The zero-order chi connectivity index (χ0) is 14.5. The summed E-state index contributed by atoms with van der Waals surface area (Å²) in [7, 11) is 2.14. The Bertz CT molecular complexity index is 550. The van der Waals surface area contributed by atoms with Crippen LogP contribution in [-0.4, -0.2) is 23.5 Å². The van der Waals surface area contributed by atoms with Crippen molar-refractivity contribution < 1.29 is 0 Å². The van der Waals surface area contributed by atoms with Crippen molar-refractivity contribution in [2.45, 2.75) is 32.9 Å². The number of aromatic nitrogens is 1. The molecule has 0 spiro atoms. The highest BCUT2D eigenvalue weighted by molar-refractivity contribution is 7.09. The Labute approximate surface area is 125 Å². The maximum atomic E-state index is 6.04. The van der Waals surface area contributed by atoms with E-state index in [1.807, 2.05) is 5.51 Å². The molecule has 1 aromatic heterocycles. The molecule has 0 fully saturated rings. The molecule has 2 rings (SSSR count). The van der Waals surface area contributed by atoms with E-state index in [1.165, 1.54) is 16.0 Å². The molecule has 0 amide bonds. The Morgan fingerprint density at radius 2 is 2.10 bits per heavy atom. The minimum absolute atomic E-state index is 0.257. The summed E-state index contributed by atoms with van der Waals surface area (Å²) >= 11 is 1.72. The first-order valence-corrected chi connectivity index (χ1v) is 7.92. The van der Waals surface area contributed by atoms with Gasteiger partial charge in [-0.1, -0.05) is 31.2 Å². The summed E-state index contributed by atoms with van der Waals surface area (Å²) in [5, 5.41) is 0. The summed E-state index contributed by atoms with van der Waals surface area (Å²) in [6.07, 6.45) is 1.04. The second-order valence-corrected chi connectivity index (χ2v) is 6.02. The van der Waals surface area contributed by atoms with Crippen molar-refractivity contribution in [1.29, 1.82) is 0 Å². The lowest BCUT2D eigenvalue weighted by Crippen LogP contribution is -2.30. The molecular formula is C16H23N3S. The SMILES string of the molecule is CCc1ccccc1C(CN)N(C)Cc1scnc1C. The van der Waals surface area contributed by atoms with Crippen LogP contribution in [0.4, 0.5) is 0 Å². The molecule has 1 aromatic carbocycles. The van der Waals surface area contributed by atoms with Crippen molar-refractivity contribution in [1.82, 2.24) is 9.88 Å². The summed E-state index contributed by atoms with van der Waals surface area (Å²) < 4.78 is 0. The van der Waals surface area contributed by atoms with E-state index < -0.39 is 0 Å². The van der Waals surface area contributed by atoms with E-state index in [9.17, 15) is 0 Å². The van der Waals surface area contributed by atoms with Crippen molar-refractivity contribution in [3.63, 3.8) is 0 Å². The molecular weight excluding hydrogens is 266 g/mol. The Hall–Kier alpha value is -1.23. The van der Waals surface area contributed by atoms with Gasteiger partial charge in [-0.05, 0) is 31.5 Å². The lowest BCUT2D eigenvalue weighted by atomic mass is 9.97. The molecule has 0 radical (unpaired) electrons. The maximum Gasteiger partial charge on any atom is 0.0798 e. The van der Waals surface area contributed by atoms with Crippen molar-refractivity contribution >= 4 is 11.3 Å². The number of hydrogen-bond acceptors (Lipinski definition) is 4. The summed E-state index contributed by atoms with van der Waals surface area (Å²) in [6, 6.07) is 8.86. The largest absolute Gasteiger partial charge is 0.329 e. The molecule has 0 aliphatic carbocycles. The fourth-order valence-corrected chi connectivity index (χ4v) is 3.38. The Morgan fingerprint density at radius 1 is 1.35 bits per heavy atom. The fourth-order valence-electron chi connectivity index (χ4n) is 2.54. The topological polar surface area (TPSA) is 42.1 Å². The lowest BCUT2D eigenvalue weighted by Gasteiger charge is -2.28. The third kappa shape index (κ3) is 3.26. The first-order valence-electron chi connectivity index (χ1n) is 7.04. The molecule has 4 heteroatoms. The normalized spacial score (nSPS) is 12.8. The van der Waals surface area contributed by atoms with E-state index in [0.717, 1.165) is 18.7 Å². The molecule has 2 aromatic rings. The van der Waals surface area contributed by atoms with Gasteiger partial charge in [0, 0.05) is 24.0 Å². The average Bonchev–Trinajstić information content (AvgIpc) is 2.85. The zero-order valence-corrected chi connectivity index (χ0v) is 13.3. The van der Waals surface area contributed by atoms with Crippen LogP contribution < -0.4 is 5.73 Å². The van der Waals surface area contributed by atoms with E-state index in [1.54, 1.807) is 11.3 Å². The number of aryl methyl sites for hydroxylation is 2. The zero-order valence-electron chi connectivity index (χ0n) is 12.5. The van der Waals surface area contributed by atoms with Gasteiger partial charge >= 0.3 is 0 Å². The lowest BCUT2D eigenvalue weighted by molar-refractivity contribution is 0.242. The number of benzene rings is 1. The summed E-state index contributed by atoms with van der Waals surface area (Å²) in [5.74, 6) is 0. The van der Waals surface area contributed by atoms with E-state index >= 15 is 0 Å². The van der Waals surface area contributed by atoms with Gasteiger partial charge in [-0.3, -0.25) is 4.90 Å². The average molecular weight is 289 g/mol. The van der Waals surface area contributed by atoms with Crippen molar-refractivity contribution in [2.24, 2.45) is 5.73 Å². The number of rotatable bonds is 6. The van der Waals surface area contributed by atoms with E-state index in [2.05, 4.69) is 55.0 Å². The van der Waals surface area contributed by atoms with Gasteiger partial charge in [0.1, 0.15) is 0 Å². The molecule has 1 atom stereocenters. The highest BCUT2D eigenvalue weighted by Crippen LogP contribution is 2.25. The van der Waals surface area contributed by atoms with Crippen LogP contribution in [0.2, 0.25) is 0 Å². The predicted molar refractivity (Wildman–Crippen MR) is 85.9 cm³/mol. The standard InChI is InChI=1S/C16H23N3S/c1-4-13-7-5-6-8-14(13)15(9-17)19(3)10-16-12(2)18-11-20-16/h5-8,11,15H,4,9-10,17H2,1-3H3. The number of hydrogen-bond donors (Lipinski definition) is 1. The van der Waals surface area contributed by atoms with Gasteiger partial charge in [-0.2, -0.15) is 0 Å². The number of nitrogens with two attached hydrogens (primary N) is 1. The van der Waals surface area contributed by atoms with E-state index in [-0.39, 0.29) is 6.04 Å². The van der Waals surface area contributed by atoms with Crippen molar-refractivity contribution in [3.8, 4) is 0 Å². The molecule has 0 aliphatic heterocycles. The van der Waals surface area contributed by atoms with Gasteiger partial charge in [0.05, 0.1) is 11.2 Å². The van der Waals surface area contributed by atoms with E-state index in [0.29, 0.717) is 6.54 Å². The second kappa shape index (κ2) is 6.97. The monoisotopic (exact) mass is 289 g/mol. The van der Waals surface area contributed by atoms with Crippen LogP contribution in [0.25, 0.3) is 0 Å². The molecule has 0 bridgehead atoms. The van der Waals surface area contributed by atoms with Crippen LogP contribution >= 0.6 is 11.3 Å². The van der Waals surface area contributed by atoms with Crippen LogP contribution in [0.15, 0.2) is 29.8 Å². The van der Waals surface area contributed by atoms with Gasteiger partial charge in [0.15, 0.2) is 0 Å². The predicted octanol–water partition coefficient (Wildman–Crippen LogP) is 3.15. The molecule has 3 nitrogen and oxygen atoms in total. The minimum atomic E-state index is 0.257. The van der Waals surface area contributed by atoms with Gasteiger partial charge < -0.3 is 5.73 Å². The molecule has 1 heterocycles. The first-order chi connectivity index (χ1) is 9.67. The molecule has 108 valence electrons. The smallest absolute Gasteiger partial charge is 0.0798 e. The summed E-state index contributed by atoms with van der Waals surface area (Å²) in [5.41, 5.74) is 11.8. The van der Waals surface area contributed by atoms with Crippen LogP contribution in [0.1, 0.15) is 34.7 Å². The summed E-state index contributed by atoms with van der Waals surface area (Å²) in [6.45, 7) is 5.79. The number of nitrogens with zero attached hydrogens (tertiary/aromatic N) is 2. The van der Waals surface area contributed by atoms with Crippen LogP contribution in [0.3, 0.4) is 0 Å². The highest BCUT2D eigenvalue weighted by atomic mass is 32.1. The Morgan fingerprint density at radius 3 is 2.70 bits per heavy atom. The summed E-state index contributed by atoms with van der Waals surface area (Å²) in [4.78, 5) is 7.97. The van der Waals surface area contributed by atoms with Crippen LogP contribution in [0.5, 0.6) is 0 Å². The molecule has 0 saturated carbocycles. The van der Waals surface area contributed by atoms with Gasteiger partial charge in [-0.15, -0.1) is 11.3 Å². The third-order valence-corrected chi connectivity index (χ3v) is 4.71. The minimum Gasteiger partial charge on any atom is -0.329 e. The Balaban J connectivity index is 2.21.